The van der Waals surface area contributed by atoms with Crippen LogP contribution in [0.1, 0.15) is 5.69 Å². The van der Waals surface area contributed by atoms with E-state index in [0.29, 0.717) is 5.69 Å². The Bertz CT molecular complexity index is 469. The number of H-pyrrole nitrogens is 1. The molecule has 0 aliphatic carbocycles. The zero-order valence-electron chi connectivity index (χ0n) is 10.4. The van der Waals surface area contributed by atoms with Crippen LogP contribution in [-0.2, 0) is 0 Å². The lowest BCUT2D eigenvalue weighted by Gasteiger charge is -2.01. The number of hydrogen-bond acceptors (Lipinski definition) is 3. The maximum atomic E-state index is 10.8. The van der Waals surface area contributed by atoms with E-state index in [1.807, 2.05) is 45.2 Å². The van der Waals surface area contributed by atoms with Gasteiger partial charge in [0.2, 0.25) is 0 Å². The summed E-state index contributed by atoms with van der Waals surface area (Å²) in [6.07, 6.45) is 4.91. The molecule has 0 aromatic carbocycles. The quantitative estimate of drug-likeness (QED) is 0.311. The summed E-state index contributed by atoms with van der Waals surface area (Å²) >= 11 is 0. The second kappa shape index (κ2) is 5.35. The summed E-state index contributed by atoms with van der Waals surface area (Å²) < 4.78 is 1.83. The van der Waals surface area contributed by atoms with Gasteiger partial charge in [0.25, 0.3) is 0 Å². The summed E-state index contributed by atoms with van der Waals surface area (Å²) in [7, 11) is 7.60. The van der Waals surface area contributed by atoms with Gasteiger partial charge in [-0.25, -0.2) is 4.58 Å². The highest BCUT2D eigenvalue weighted by molar-refractivity contribution is 6.07. The molecule has 0 aliphatic heterocycles. The zero-order valence-corrected chi connectivity index (χ0v) is 10.4. The van der Waals surface area contributed by atoms with E-state index in [2.05, 4.69) is 10.2 Å². The smallest absolute Gasteiger partial charge is 0.313 e. The van der Waals surface area contributed by atoms with Crippen LogP contribution in [0.2, 0.25) is 0 Å². The maximum Gasteiger partial charge on any atom is 0.315 e. The average Bonchev–Trinajstić information content (AvgIpc) is 2.62. The molecule has 1 aromatic heterocycles. The minimum Gasteiger partial charge on any atom is -0.313 e. The van der Waals surface area contributed by atoms with Gasteiger partial charge >= 0.3 is 5.69 Å². The number of nitro groups is 1. The van der Waals surface area contributed by atoms with Crippen molar-refractivity contribution in [1.82, 2.24) is 10.2 Å². The molecule has 2 N–H and O–H groups in total. The number of nitrogens with zero attached hydrogens (tertiary/aromatic N) is 3. The lowest BCUT2D eigenvalue weighted by molar-refractivity contribution is -0.800. The lowest BCUT2D eigenvalue weighted by Crippen LogP contribution is -3.00. The molecule has 0 radical (unpaired) electrons. The SMILES string of the molecule is C[N+](C)=CC(=C[NH+](C)C)c1[nH]ncc1[N+](=O)[O-]. The fraction of sp³-hybridized carbons (Fsp3) is 0.400. The third-order valence-electron chi connectivity index (χ3n) is 1.95. The molecule has 7 nitrogen and oxygen atoms in total. The van der Waals surface area contributed by atoms with Gasteiger partial charge in [0.15, 0.2) is 11.9 Å². The molecule has 0 saturated carbocycles. The van der Waals surface area contributed by atoms with Crippen molar-refractivity contribution in [3.63, 3.8) is 0 Å². The Labute approximate surface area is 99.2 Å². The second-order valence-corrected chi connectivity index (χ2v) is 4.16. The lowest BCUT2D eigenvalue weighted by atomic mass is 10.2. The standard InChI is InChI=1S/C10H16N5O2/c1-13(2)6-8(7-14(3)4)10-9(15(16)17)5-11-12-10/h5-7H,1-4H3,(H,11,12)/q+1/p+1. The average molecular weight is 239 g/mol. The van der Waals surface area contributed by atoms with Gasteiger partial charge in [0.1, 0.15) is 32.1 Å². The van der Waals surface area contributed by atoms with E-state index in [1.165, 1.54) is 6.20 Å². The van der Waals surface area contributed by atoms with Crippen molar-refractivity contribution in [3.05, 3.63) is 28.2 Å². The molecule has 0 atom stereocenters. The van der Waals surface area contributed by atoms with Crippen LogP contribution in [0, 0.1) is 10.1 Å². The molecule has 1 heterocycles. The number of aromatic nitrogens is 2. The van der Waals surface area contributed by atoms with Crippen molar-refractivity contribution in [3.8, 4) is 0 Å². The number of aromatic amines is 1. The Morgan fingerprint density at radius 1 is 1.53 bits per heavy atom. The summed E-state index contributed by atoms with van der Waals surface area (Å²) in [6.45, 7) is 0. The van der Waals surface area contributed by atoms with Gasteiger partial charge in [-0.3, -0.25) is 15.2 Å². The Morgan fingerprint density at radius 2 is 2.18 bits per heavy atom. The van der Waals surface area contributed by atoms with E-state index in [4.69, 9.17) is 0 Å². The number of nitrogens with one attached hydrogen (secondary N) is 2. The fourth-order valence-electron chi connectivity index (χ4n) is 1.39. The minimum atomic E-state index is -0.443. The molecule has 0 spiro atoms. The maximum absolute atomic E-state index is 10.8. The van der Waals surface area contributed by atoms with Crippen LogP contribution in [0.3, 0.4) is 0 Å². The molecular weight excluding hydrogens is 222 g/mol. The third kappa shape index (κ3) is 3.49. The fourth-order valence-corrected chi connectivity index (χ4v) is 1.39. The molecule has 0 aliphatic rings. The summed E-state index contributed by atoms with van der Waals surface area (Å²) in [5, 5.41) is 17.2. The largest absolute Gasteiger partial charge is 0.315 e. The molecule has 0 fully saturated rings. The van der Waals surface area contributed by atoms with Crippen molar-refractivity contribution >= 4 is 17.5 Å². The molecule has 0 saturated heterocycles. The highest BCUT2D eigenvalue weighted by Crippen LogP contribution is 2.20. The number of rotatable bonds is 4. The van der Waals surface area contributed by atoms with Crippen LogP contribution in [0.5, 0.6) is 0 Å². The van der Waals surface area contributed by atoms with Crippen LogP contribution in [0.4, 0.5) is 5.69 Å². The van der Waals surface area contributed by atoms with Crippen LogP contribution >= 0.6 is 0 Å². The minimum absolute atomic E-state index is 0.0180. The predicted octanol–water partition coefficient (Wildman–Crippen LogP) is -0.854. The Morgan fingerprint density at radius 3 is 2.65 bits per heavy atom. The van der Waals surface area contributed by atoms with Crippen molar-refractivity contribution in [2.45, 2.75) is 0 Å². The van der Waals surface area contributed by atoms with Gasteiger partial charge in [0, 0.05) is 0 Å². The molecule has 1 rings (SSSR count). The Kier molecular flexibility index (Phi) is 4.11. The van der Waals surface area contributed by atoms with E-state index in [-0.39, 0.29) is 5.69 Å². The highest BCUT2D eigenvalue weighted by Gasteiger charge is 2.21. The highest BCUT2D eigenvalue weighted by atomic mass is 16.6. The van der Waals surface area contributed by atoms with Crippen LogP contribution in [0.25, 0.3) is 5.57 Å². The monoisotopic (exact) mass is 239 g/mol. The number of quaternary nitrogens is 1. The second-order valence-electron chi connectivity index (χ2n) is 4.16. The van der Waals surface area contributed by atoms with Crippen LogP contribution < -0.4 is 4.90 Å². The number of allylic oxidation sites excluding steroid dienone is 1. The van der Waals surface area contributed by atoms with Gasteiger partial charge in [-0.2, -0.15) is 5.10 Å². The van der Waals surface area contributed by atoms with Gasteiger partial charge in [0.05, 0.1) is 19.0 Å². The van der Waals surface area contributed by atoms with Crippen molar-refractivity contribution in [2.75, 3.05) is 28.2 Å². The molecule has 17 heavy (non-hydrogen) atoms. The first-order valence-corrected chi connectivity index (χ1v) is 5.13. The normalized spacial score (nSPS) is 11.7. The molecule has 0 amide bonds. The zero-order chi connectivity index (χ0) is 13.0. The van der Waals surface area contributed by atoms with Crippen molar-refractivity contribution in [2.24, 2.45) is 0 Å². The molecule has 0 unspecified atom stereocenters. The van der Waals surface area contributed by atoms with Crippen molar-refractivity contribution in [1.29, 1.82) is 0 Å². The topological polar surface area (TPSA) is 79.3 Å². The Hall–Kier alpha value is -2.02. The molecule has 0 bridgehead atoms. The first-order valence-electron chi connectivity index (χ1n) is 5.13. The van der Waals surface area contributed by atoms with Crippen LogP contribution in [0.15, 0.2) is 12.4 Å². The van der Waals surface area contributed by atoms with Crippen LogP contribution in [-0.4, -0.2) is 54.1 Å². The summed E-state index contributed by atoms with van der Waals surface area (Å²) in [6, 6.07) is 0. The molecule has 92 valence electrons. The van der Waals surface area contributed by atoms with E-state index in [0.717, 1.165) is 10.5 Å². The number of hydrogen-bond donors (Lipinski definition) is 2. The van der Waals surface area contributed by atoms with Gasteiger partial charge in [-0.1, -0.05) is 0 Å². The molecule has 7 heteroatoms. The predicted molar refractivity (Wildman–Crippen MR) is 64.2 cm³/mol. The first-order chi connectivity index (χ1) is 7.91. The van der Waals surface area contributed by atoms with E-state index >= 15 is 0 Å². The van der Waals surface area contributed by atoms with Gasteiger partial charge in [-0.15, -0.1) is 0 Å². The first kappa shape index (κ1) is 13.0. The Balaban J connectivity index is 3.28. The molecule has 1 aromatic rings. The van der Waals surface area contributed by atoms with E-state index in [1.54, 1.807) is 0 Å². The van der Waals surface area contributed by atoms with Crippen molar-refractivity contribution < 1.29 is 14.4 Å². The van der Waals surface area contributed by atoms with Gasteiger partial charge < -0.3 is 4.90 Å². The van der Waals surface area contributed by atoms with Gasteiger partial charge in [-0.05, 0) is 0 Å². The molecular formula is C10H17N5O2+2. The summed E-state index contributed by atoms with van der Waals surface area (Å²) in [5.41, 5.74) is 1.14. The van der Waals surface area contributed by atoms with E-state index in [9.17, 15) is 10.1 Å². The third-order valence-corrected chi connectivity index (χ3v) is 1.95. The summed E-state index contributed by atoms with van der Waals surface area (Å²) in [5.74, 6) is 0. The van der Waals surface area contributed by atoms with E-state index < -0.39 is 4.92 Å². The summed E-state index contributed by atoms with van der Waals surface area (Å²) in [4.78, 5) is 11.5.